The summed E-state index contributed by atoms with van der Waals surface area (Å²) >= 11 is 0. The van der Waals surface area contributed by atoms with Gasteiger partial charge in [0, 0.05) is 12.0 Å². The normalized spacial score (nSPS) is 18.7. The van der Waals surface area contributed by atoms with Crippen LogP contribution in [-0.4, -0.2) is 21.1 Å². The number of ether oxygens (including phenoxy) is 2. The molecule has 7 heteroatoms. The van der Waals surface area contributed by atoms with Crippen molar-refractivity contribution in [1.82, 2.24) is 4.72 Å². The van der Waals surface area contributed by atoms with Crippen molar-refractivity contribution in [2.75, 3.05) is 7.11 Å². The summed E-state index contributed by atoms with van der Waals surface area (Å²) < 4.78 is 53.1. The summed E-state index contributed by atoms with van der Waals surface area (Å²) in [4.78, 5) is 0.0626. The van der Waals surface area contributed by atoms with Gasteiger partial charge in [-0.15, -0.1) is 0 Å². The van der Waals surface area contributed by atoms with Crippen LogP contribution in [0.25, 0.3) is 0 Å². The fraction of sp³-hybridized carbons (Fsp3) is 0.368. The first-order chi connectivity index (χ1) is 12.1. The highest BCUT2D eigenvalue weighted by Crippen LogP contribution is 2.41. The van der Waals surface area contributed by atoms with E-state index < -0.39 is 27.5 Å². The largest absolute Gasteiger partial charge is 0.497 e. The molecule has 1 N–H and O–H groups in total. The predicted octanol–water partition coefficient (Wildman–Crippen LogP) is 3.72. The molecule has 0 radical (unpaired) electrons. The summed E-state index contributed by atoms with van der Waals surface area (Å²) in [5.74, 6) is 0.767. The smallest absolute Gasteiger partial charge is 0.241 e. The molecule has 0 unspecified atom stereocenters. The molecule has 0 aliphatic carbocycles. The third-order valence-corrected chi connectivity index (χ3v) is 6.03. The van der Waals surface area contributed by atoms with E-state index in [-0.39, 0.29) is 4.90 Å². The van der Waals surface area contributed by atoms with Crippen molar-refractivity contribution in [2.45, 2.75) is 43.7 Å². The lowest BCUT2D eigenvalue weighted by Gasteiger charge is -2.38. The van der Waals surface area contributed by atoms with Gasteiger partial charge >= 0.3 is 0 Å². The maximum absolute atomic E-state index is 13.3. The van der Waals surface area contributed by atoms with Gasteiger partial charge in [-0.05, 0) is 62.7 Å². The maximum atomic E-state index is 13.3. The molecule has 140 valence electrons. The van der Waals surface area contributed by atoms with Crippen LogP contribution in [0.1, 0.15) is 37.4 Å². The van der Waals surface area contributed by atoms with E-state index in [4.69, 9.17) is 9.47 Å². The van der Waals surface area contributed by atoms with Gasteiger partial charge in [0.15, 0.2) is 0 Å². The zero-order valence-corrected chi connectivity index (χ0v) is 16.0. The van der Waals surface area contributed by atoms with Crippen LogP contribution < -0.4 is 14.2 Å². The van der Waals surface area contributed by atoms with E-state index in [1.165, 1.54) is 12.1 Å². The number of halogens is 1. The molecule has 26 heavy (non-hydrogen) atoms. The molecular formula is C19H22FNO4S. The second kappa shape index (κ2) is 6.55. The monoisotopic (exact) mass is 379 g/mol. The molecule has 1 atom stereocenters. The zero-order chi connectivity index (χ0) is 19.1. The molecule has 0 saturated heterocycles. The number of sulfonamides is 1. The zero-order valence-electron chi connectivity index (χ0n) is 15.2. The van der Waals surface area contributed by atoms with Gasteiger partial charge in [0.1, 0.15) is 22.9 Å². The van der Waals surface area contributed by atoms with E-state index in [1.54, 1.807) is 32.2 Å². The Labute approximate surface area is 153 Å². The molecule has 0 spiro atoms. The van der Waals surface area contributed by atoms with Gasteiger partial charge < -0.3 is 9.47 Å². The molecule has 0 saturated carbocycles. The number of rotatable bonds is 4. The second-order valence-corrected chi connectivity index (χ2v) is 8.74. The van der Waals surface area contributed by atoms with E-state index >= 15 is 0 Å². The van der Waals surface area contributed by atoms with Crippen LogP contribution in [0.3, 0.4) is 0 Å². The summed E-state index contributed by atoms with van der Waals surface area (Å²) in [6.07, 6.45) is 0.451. The summed E-state index contributed by atoms with van der Waals surface area (Å²) in [7, 11) is -2.28. The fourth-order valence-corrected chi connectivity index (χ4v) is 4.67. The minimum atomic E-state index is -3.83. The quantitative estimate of drug-likeness (QED) is 0.879. The van der Waals surface area contributed by atoms with Crippen LogP contribution in [0.5, 0.6) is 11.5 Å². The fourth-order valence-electron chi connectivity index (χ4n) is 3.23. The van der Waals surface area contributed by atoms with Crippen molar-refractivity contribution >= 4 is 10.0 Å². The van der Waals surface area contributed by atoms with Gasteiger partial charge in [-0.2, -0.15) is 0 Å². The maximum Gasteiger partial charge on any atom is 0.241 e. The van der Waals surface area contributed by atoms with Crippen LogP contribution in [0, 0.1) is 12.7 Å². The Kier molecular flexibility index (Phi) is 4.71. The van der Waals surface area contributed by atoms with Gasteiger partial charge in [-0.1, -0.05) is 0 Å². The first kappa shape index (κ1) is 18.7. The van der Waals surface area contributed by atoms with Crippen molar-refractivity contribution in [2.24, 2.45) is 0 Å². The topological polar surface area (TPSA) is 64.6 Å². The Bertz CT molecular complexity index is 941. The number of hydrogen-bond acceptors (Lipinski definition) is 4. The van der Waals surface area contributed by atoms with Crippen molar-refractivity contribution in [3.8, 4) is 11.5 Å². The average molecular weight is 379 g/mol. The predicted molar refractivity (Wildman–Crippen MR) is 96.5 cm³/mol. The molecule has 2 aromatic rings. The Hall–Kier alpha value is -2.12. The minimum Gasteiger partial charge on any atom is -0.497 e. The number of fused-ring (bicyclic) bond motifs is 1. The Morgan fingerprint density at radius 1 is 1.23 bits per heavy atom. The van der Waals surface area contributed by atoms with Crippen molar-refractivity contribution in [3.05, 3.63) is 53.3 Å². The highest BCUT2D eigenvalue weighted by molar-refractivity contribution is 7.89. The number of aryl methyl sites for hydroxylation is 1. The van der Waals surface area contributed by atoms with Crippen molar-refractivity contribution < 1.29 is 22.3 Å². The first-order valence-electron chi connectivity index (χ1n) is 8.27. The Morgan fingerprint density at radius 2 is 1.96 bits per heavy atom. The molecule has 3 rings (SSSR count). The van der Waals surface area contributed by atoms with Crippen LogP contribution in [0.2, 0.25) is 0 Å². The molecule has 2 aromatic carbocycles. The molecule has 0 aromatic heterocycles. The standard InChI is InChI=1S/C19H22FNO4S/c1-12-9-13(20)5-8-18(12)26(22,23)21-16-11-19(2,3)25-17-7-6-14(24-4)10-15(16)17/h5-10,16,21H,11H2,1-4H3/t16-/m0/s1. The third kappa shape index (κ3) is 3.68. The van der Waals surface area contributed by atoms with Gasteiger partial charge in [-0.25, -0.2) is 17.5 Å². The van der Waals surface area contributed by atoms with E-state index in [9.17, 15) is 12.8 Å². The number of benzene rings is 2. The lowest BCUT2D eigenvalue weighted by molar-refractivity contribution is 0.0700. The molecule has 0 bridgehead atoms. The van der Waals surface area contributed by atoms with E-state index in [2.05, 4.69) is 4.72 Å². The van der Waals surface area contributed by atoms with Crippen LogP contribution >= 0.6 is 0 Å². The van der Waals surface area contributed by atoms with Gasteiger partial charge in [0.2, 0.25) is 10.0 Å². The Morgan fingerprint density at radius 3 is 2.62 bits per heavy atom. The molecule has 5 nitrogen and oxygen atoms in total. The summed E-state index contributed by atoms with van der Waals surface area (Å²) in [6, 6.07) is 8.47. The van der Waals surface area contributed by atoms with E-state index in [0.717, 1.165) is 6.07 Å². The summed E-state index contributed by atoms with van der Waals surface area (Å²) in [6.45, 7) is 5.39. The van der Waals surface area contributed by atoms with Gasteiger partial charge in [0.05, 0.1) is 18.0 Å². The van der Waals surface area contributed by atoms with Crippen LogP contribution in [0.15, 0.2) is 41.3 Å². The number of nitrogens with one attached hydrogen (secondary N) is 1. The number of hydrogen-bond donors (Lipinski definition) is 1. The van der Waals surface area contributed by atoms with Gasteiger partial charge in [0.25, 0.3) is 0 Å². The highest BCUT2D eigenvalue weighted by Gasteiger charge is 2.36. The second-order valence-electron chi connectivity index (χ2n) is 7.05. The SMILES string of the molecule is COc1ccc2c(c1)[C@@H](NS(=O)(=O)c1ccc(F)cc1C)CC(C)(C)O2. The lowest BCUT2D eigenvalue weighted by atomic mass is 9.90. The molecule has 0 fully saturated rings. The van der Waals surface area contributed by atoms with Crippen LogP contribution in [0.4, 0.5) is 4.39 Å². The van der Waals surface area contributed by atoms with E-state index in [0.29, 0.717) is 29.0 Å². The van der Waals surface area contributed by atoms with E-state index in [1.807, 2.05) is 13.8 Å². The summed E-state index contributed by atoms with van der Waals surface area (Å²) in [5, 5.41) is 0. The van der Waals surface area contributed by atoms with Gasteiger partial charge in [-0.3, -0.25) is 0 Å². The first-order valence-corrected chi connectivity index (χ1v) is 9.75. The van der Waals surface area contributed by atoms with Crippen LogP contribution in [-0.2, 0) is 10.0 Å². The minimum absolute atomic E-state index is 0.0626. The summed E-state index contributed by atoms with van der Waals surface area (Å²) in [5.41, 5.74) is 0.536. The Balaban J connectivity index is 2.01. The molecular weight excluding hydrogens is 357 g/mol. The molecule has 1 aliphatic rings. The molecule has 1 heterocycles. The van der Waals surface area contributed by atoms with Crippen molar-refractivity contribution in [1.29, 1.82) is 0 Å². The average Bonchev–Trinajstić information content (AvgIpc) is 2.52. The highest BCUT2D eigenvalue weighted by atomic mass is 32.2. The van der Waals surface area contributed by atoms with Crippen molar-refractivity contribution in [3.63, 3.8) is 0 Å². The third-order valence-electron chi connectivity index (χ3n) is 4.40. The molecule has 1 aliphatic heterocycles. The lowest BCUT2D eigenvalue weighted by Crippen LogP contribution is -2.41. The number of methoxy groups -OCH3 is 1. The molecule has 0 amide bonds.